The van der Waals surface area contributed by atoms with Gasteiger partial charge < -0.3 is 5.73 Å². The lowest BCUT2D eigenvalue weighted by atomic mass is 9.89. The normalized spacial score (nSPS) is 25.7. The van der Waals surface area contributed by atoms with Crippen molar-refractivity contribution in [2.75, 3.05) is 6.54 Å². The van der Waals surface area contributed by atoms with Gasteiger partial charge in [-0.3, -0.25) is 4.79 Å². The third kappa shape index (κ3) is 1.99. The molecule has 1 saturated carbocycles. The molecular formula is C12H17NOS. The summed E-state index contributed by atoms with van der Waals surface area (Å²) in [6.07, 6.45) is 3.30. The minimum absolute atomic E-state index is 0.184. The lowest BCUT2D eigenvalue weighted by molar-refractivity contribution is 0.0893. The molecular weight excluding hydrogens is 206 g/mol. The van der Waals surface area contributed by atoms with Crippen LogP contribution in [0.4, 0.5) is 0 Å². The minimum Gasteiger partial charge on any atom is -0.330 e. The van der Waals surface area contributed by atoms with Gasteiger partial charge in [0, 0.05) is 16.4 Å². The van der Waals surface area contributed by atoms with Gasteiger partial charge in [-0.05, 0) is 43.7 Å². The van der Waals surface area contributed by atoms with E-state index in [2.05, 4.69) is 0 Å². The van der Waals surface area contributed by atoms with Crippen molar-refractivity contribution in [3.63, 3.8) is 0 Å². The van der Waals surface area contributed by atoms with Crippen molar-refractivity contribution in [3.05, 3.63) is 21.9 Å². The maximum Gasteiger partial charge on any atom is 0.167 e. The summed E-state index contributed by atoms with van der Waals surface area (Å²) in [6.45, 7) is 2.67. The van der Waals surface area contributed by atoms with Crippen LogP contribution in [0.25, 0.3) is 0 Å². The second-order valence-electron chi connectivity index (χ2n) is 4.29. The molecule has 0 aliphatic heterocycles. The first-order chi connectivity index (χ1) is 7.24. The average molecular weight is 223 g/mol. The second-order valence-corrected chi connectivity index (χ2v) is 5.41. The Hall–Kier alpha value is -0.670. The van der Waals surface area contributed by atoms with Crippen LogP contribution in [0.15, 0.2) is 11.4 Å². The summed E-state index contributed by atoms with van der Waals surface area (Å²) in [6, 6.07) is 1.95. The van der Waals surface area contributed by atoms with Crippen LogP contribution >= 0.6 is 11.3 Å². The van der Waals surface area contributed by atoms with Crippen LogP contribution in [0.5, 0.6) is 0 Å². The van der Waals surface area contributed by atoms with E-state index in [-0.39, 0.29) is 5.92 Å². The summed E-state index contributed by atoms with van der Waals surface area (Å²) in [7, 11) is 0. The number of ketones is 1. The monoisotopic (exact) mass is 223 g/mol. The van der Waals surface area contributed by atoms with Crippen molar-refractivity contribution in [1.82, 2.24) is 0 Å². The SMILES string of the molecule is Cc1sccc1C(=O)C1CCCC1CN. The summed E-state index contributed by atoms with van der Waals surface area (Å²) in [5, 5.41) is 2.00. The van der Waals surface area contributed by atoms with E-state index in [1.807, 2.05) is 18.4 Å². The van der Waals surface area contributed by atoms with Crippen LogP contribution < -0.4 is 5.73 Å². The zero-order valence-electron chi connectivity index (χ0n) is 9.03. The number of carbonyl (C=O) groups excluding carboxylic acids is 1. The molecule has 1 fully saturated rings. The number of thiophene rings is 1. The molecule has 1 aromatic heterocycles. The molecule has 0 aromatic carbocycles. The molecule has 15 heavy (non-hydrogen) atoms. The van der Waals surface area contributed by atoms with E-state index in [0.717, 1.165) is 29.7 Å². The van der Waals surface area contributed by atoms with Crippen molar-refractivity contribution in [2.24, 2.45) is 17.6 Å². The Bertz CT molecular complexity index is 358. The predicted octanol–water partition coefficient (Wildman–Crippen LogP) is 2.61. The Morgan fingerprint density at radius 1 is 1.60 bits per heavy atom. The average Bonchev–Trinajstić information content (AvgIpc) is 2.84. The van der Waals surface area contributed by atoms with Gasteiger partial charge in [0.2, 0.25) is 0 Å². The number of carbonyl (C=O) groups is 1. The second kappa shape index (κ2) is 4.45. The third-order valence-electron chi connectivity index (χ3n) is 3.42. The molecule has 2 rings (SSSR count). The van der Waals surface area contributed by atoms with Crippen LogP contribution in [0, 0.1) is 18.8 Å². The molecule has 0 radical (unpaired) electrons. The lowest BCUT2D eigenvalue weighted by Crippen LogP contribution is -2.25. The maximum absolute atomic E-state index is 12.2. The zero-order chi connectivity index (χ0) is 10.8. The van der Waals surface area contributed by atoms with Gasteiger partial charge in [-0.1, -0.05) is 6.42 Å². The topological polar surface area (TPSA) is 43.1 Å². The Morgan fingerprint density at radius 2 is 2.40 bits per heavy atom. The van der Waals surface area contributed by atoms with E-state index < -0.39 is 0 Å². The first-order valence-electron chi connectivity index (χ1n) is 5.52. The molecule has 2 nitrogen and oxygen atoms in total. The van der Waals surface area contributed by atoms with Gasteiger partial charge in [0.25, 0.3) is 0 Å². The molecule has 1 aliphatic carbocycles. The highest BCUT2D eigenvalue weighted by molar-refractivity contribution is 7.10. The van der Waals surface area contributed by atoms with Gasteiger partial charge in [-0.25, -0.2) is 0 Å². The van der Waals surface area contributed by atoms with Crippen LogP contribution in [0.3, 0.4) is 0 Å². The van der Waals surface area contributed by atoms with E-state index in [1.54, 1.807) is 11.3 Å². The fourth-order valence-electron chi connectivity index (χ4n) is 2.50. The van der Waals surface area contributed by atoms with E-state index in [0.29, 0.717) is 18.2 Å². The Balaban J connectivity index is 2.18. The van der Waals surface area contributed by atoms with Gasteiger partial charge in [0.15, 0.2) is 5.78 Å². The number of hydrogen-bond acceptors (Lipinski definition) is 3. The first-order valence-corrected chi connectivity index (χ1v) is 6.40. The highest BCUT2D eigenvalue weighted by atomic mass is 32.1. The van der Waals surface area contributed by atoms with Gasteiger partial charge in [-0.15, -0.1) is 11.3 Å². The first kappa shape index (κ1) is 10.8. The van der Waals surface area contributed by atoms with Gasteiger partial charge in [0.05, 0.1) is 0 Å². The number of Topliss-reactive ketones (excluding diaryl/α,β-unsaturated/α-hetero) is 1. The Kier molecular flexibility index (Phi) is 3.22. The smallest absolute Gasteiger partial charge is 0.167 e. The summed E-state index contributed by atoms with van der Waals surface area (Å²) < 4.78 is 0. The molecule has 0 spiro atoms. The van der Waals surface area contributed by atoms with Crippen molar-refractivity contribution in [3.8, 4) is 0 Å². The number of hydrogen-bond donors (Lipinski definition) is 1. The molecule has 2 N–H and O–H groups in total. The molecule has 3 heteroatoms. The summed E-state index contributed by atoms with van der Waals surface area (Å²) in [4.78, 5) is 13.4. The molecule has 2 atom stereocenters. The maximum atomic E-state index is 12.2. The van der Waals surface area contributed by atoms with Crippen LogP contribution in [-0.2, 0) is 0 Å². The highest BCUT2D eigenvalue weighted by Gasteiger charge is 2.33. The molecule has 82 valence electrons. The predicted molar refractivity (Wildman–Crippen MR) is 63.3 cm³/mol. The highest BCUT2D eigenvalue weighted by Crippen LogP contribution is 2.34. The molecule has 1 aliphatic rings. The van der Waals surface area contributed by atoms with Gasteiger partial charge >= 0.3 is 0 Å². The van der Waals surface area contributed by atoms with Gasteiger partial charge in [0.1, 0.15) is 0 Å². The fourth-order valence-corrected chi connectivity index (χ4v) is 3.21. The van der Waals surface area contributed by atoms with Crippen LogP contribution in [-0.4, -0.2) is 12.3 Å². The molecule has 0 amide bonds. The standard InChI is InChI=1S/C12H17NOS/c1-8-10(5-6-15-8)12(14)11-4-2-3-9(11)7-13/h5-6,9,11H,2-4,7,13H2,1H3. The Morgan fingerprint density at radius 3 is 3.00 bits per heavy atom. The molecule has 0 bridgehead atoms. The number of rotatable bonds is 3. The quantitative estimate of drug-likeness (QED) is 0.800. The lowest BCUT2D eigenvalue weighted by Gasteiger charge is -2.16. The van der Waals surface area contributed by atoms with Crippen molar-refractivity contribution in [2.45, 2.75) is 26.2 Å². The van der Waals surface area contributed by atoms with Crippen molar-refractivity contribution >= 4 is 17.1 Å². The third-order valence-corrected chi connectivity index (χ3v) is 4.27. The number of aryl methyl sites for hydroxylation is 1. The zero-order valence-corrected chi connectivity index (χ0v) is 9.85. The van der Waals surface area contributed by atoms with Crippen molar-refractivity contribution in [1.29, 1.82) is 0 Å². The fraction of sp³-hybridized carbons (Fsp3) is 0.583. The summed E-state index contributed by atoms with van der Waals surface area (Å²) in [5.41, 5.74) is 6.63. The molecule has 1 heterocycles. The van der Waals surface area contributed by atoms with Crippen LogP contribution in [0.2, 0.25) is 0 Å². The molecule has 0 saturated heterocycles. The number of nitrogens with two attached hydrogens (primary N) is 1. The van der Waals surface area contributed by atoms with E-state index in [1.165, 1.54) is 0 Å². The Labute approximate surface area is 94.5 Å². The van der Waals surface area contributed by atoms with Gasteiger partial charge in [-0.2, -0.15) is 0 Å². The summed E-state index contributed by atoms with van der Waals surface area (Å²) >= 11 is 1.65. The largest absolute Gasteiger partial charge is 0.330 e. The van der Waals surface area contributed by atoms with E-state index >= 15 is 0 Å². The van der Waals surface area contributed by atoms with E-state index in [4.69, 9.17) is 5.73 Å². The molecule has 2 unspecified atom stereocenters. The molecule has 1 aromatic rings. The van der Waals surface area contributed by atoms with Crippen LogP contribution in [0.1, 0.15) is 34.5 Å². The van der Waals surface area contributed by atoms with E-state index in [9.17, 15) is 4.79 Å². The van der Waals surface area contributed by atoms with Crippen molar-refractivity contribution < 1.29 is 4.79 Å². The summed E-state index contributed by atoms with van der Waals surface area (Å²) in [5.74, 6) is 0.918. The minimum atomic E-state index is 0.184.